The van der Waals surface area contributed by atoms with Crippen molar-refractivity contribution in [2.45, 2.75) is 51.8 Å². The molecule has 0 bridgehead atoms. The Morgan fingerprint density at radius 1 is 1.26 bits per heavy atom. The molecular weight excluding hydrogens is 335 g/mol. The molecule has 0 aliphatic carbocycles. The summed E-state index contributed by atoms with van der Waals surface area (Å²) in [5.74, 6) is 0.306. The van der Waals surface area contributed by atoms with Crippen molar-refractivity contribution in [3.8, 4) is 5.75 Å². The Bertz CT molecular complexity index is 543. The number of hydrogen-bond donors (Lipinski definition) is 1. The zero-order valence-electron chi connectivity index (χ0n) is 13.8. The molecule has 4 nitrogen and oxygen atoms in total. The van der Waals surface area contributed by atoms with E-state index < -0.39 is 6.10 Å². The number of likely N-dealkylation sites (tertiary alicyclic amines) is 1. The second-order valence-electron chi connectivity index (χ2n) is 6.22. The van der Waals surface area contributed by atoms with Gasteiger partial charge in [0.1, 0.15) is 10.8 Å². The molecule has 0 spiro atoms. The first-order chi connectivity index (χ1) is 10.9. The maximum atomic E-state index is 12.3. The van der Waals surface area contributed by atoms with Crippen LogP contribution in [-0.4, -0.2) is 42.1 Å². The number of carbonyl (C=O) groups excluding carboxylic acids is 1. The molecule has 23 heavy (non-hydrogen) atoms. The van der Waals surface area contributed by atoms with E-state index in [2.05, 4.69) is 24.1 Å². The number of benzene rings is 1. The molecule has 128 valence electrons. The van der Waals surface area contributed by atoms with Crippen LogP contribution < -0.4 is 10.1 Å². The fourth-order valence-corrected chi connectivity index (χ4v) is 3.03. The van der Waals surface area contributed by atoms with Crippen molar-refractivity contribution in [1.82, 2.24) is 10.2 Å². The Labute approximate surface area is 148 Å². The number of halogens is 2. The van der Waals surface area contributed by atoms with Gasteiger partial charge in [0.15, 0.2) is 6.10 Å². The summed E-state index contributed by atoms with van der Waals surface area (Å²) in [5, 5.41) is 3.81. The van der Waals surface area contributed by atoms with Crippen LogP contribution in [0.2, 0.25) is 10.0 Å². The predicted octanol–water partition coefficient (Wildman–Crippen LogP) is 3.75. The smallest absolute Gasteiger partial charge is 0.260 e. The molecule has 1 aromatic carbocycles. The van der Waals surface area contributed by atoms with Gasteiger partial charge in [-0.05, 0) is 45.7 Å². The monoisotopic (exact) mass is 358 g/mol. The first kappa shape index (κ1) is 18.4. The quantitative estimate of drug-likeness (QED) is 0.871. The van der Waals surface area contributed by atoms with Crippen LogP contribution in [0.5, 0.6) is 5.75 Å². The Kier molecular flexibility index (Phi) is 6.57. The molecule has 0 aromatic heterocycles. The van der Waals surface area contributed by atoms with Gasteiger partial charge in [-0.2, -0.15) is 0 Å². The number of ether oxygens (including phenoxy) is 1. The van der Waals surface area contributed by atoms with Gasteiger partial charge in [0.2, 0.25) is 0 Å². The molecule has 2 rings (SSSR count). The van der Waals surface area contributed by atoms with Gasteiger partial charge in [0.25, 0.3) is 5.91 Å². The highest BCUT2D eigenvalue weighted by atomic mass is 35.5. The first-order valence-corrected chi connectivity index (χ1v) is 8.79. The second-order valence-corrected chi connectivity index (χ2v) is 7.01. The van der Waals surface area contributed by atoms with E-state index >= 15 is 0 Å². The maximum Gasteiger partial charge on any atom is 0.260 e. The van der Waals surface area contributed by atoms with Gasteiger partial charge in [-0.15, -0.1) is 0 Å². The number of hydrogen-bond acceptors (Lipinski definition) is 3. The highest BCUT2D eigenvalue weighted by molar-refractivity contribution is 6.42. The van der Waals surface area contributed by atoms with Gasteiger partial charge in [-0.3, -0.25) is 4.79 Å². The van der Waals surface area contributed by atoms with Crippen LogP contribution in [0.25, 0.3) is 0 Å². The van der Waals surface area contributed by atoms with E-state index in [0.717, 1.165) is 25.9 Å². The molecular formula is C17H24Cl2N2O2. The standard InChI is InChI=1S/C17H24Cl2N2O2/c1-11(2)21-9-7-13(8-10-21)20-17(22)12(3)23-15-6-4-5-14(18)16(15)19/h4-6,11-13H,7-10H2,1-3H3,(H,20,22). The zero-order chi connectivity index (χ0) is 17.0. The van der Waals surface area contributed by atoms with Crippen molar-refractivity contribution < 1.29 is 9.53 Å². The van der Waals surface area contributed by atoms with E-state index in [1.54, 1.807) is 25.1 Å². The molecule has 1 amide bonds. The highest BCUT2D eigenvalue weighted by Crippen LogP contribution is 2.32. The van der Waals surface area contributed by atoms with Gasteiger partial charge in [0.05, 0.1) is 5.02 Å². The minimum atomic E-state index is -0.617. The summed E-state index contributed by atoms with van der Waals surface area (Å²) >= 11 is 12.0. The topological polar surface area (TPSA) is 41.6 Å². The van der Waals surface area contributed by atoms with Gasteiger partial charge >= 0.3 is 0 Å². The molecule has 1 saturated heterocycles. The maximum absolute atomic E-state index is 12.3. The molecule has 1 aliphatic heterocycles. The second kappa shape index (κ2) is 8.22. The van der Waals surface area contributed by atoms with Crippen molar-refractivity contribution in [1.29, 1.82) is 0 Å². The van der Waals surface area contributed by atoms with E-state index in [-0.39, 0.29) is 11.9 Å². The van der Waals surface area contributed by atoms with E-state index in [1.165, 1.54) is 0 Å². The lowest BCUT2D eigenvalue weighted by molar-refractivity contribution is -0.128. The lowest BCUT2D eigenvalue weighted by Gasteiger charge is -2.35. The van der Waals surface area contributed by atoms with Crippen molar-refractivity contribution in [2.24, 2.45) is 0 Å². The lowest BCUT2D eigenvalue weighted by atomic mass is 10.0. The van der Waals surface area contributed by atoms with E-state index in [1.807, 2.05) is 0 Å². The molecule has 1 heterocycles. The third-order valence-electron chi connectivity index (χ3n) is 4.20. The Morgan fingerprint density at radius 2 is 1.91 bits per heavy atom. The average Bonchev–Trinajstić information content (AvgIpc) is 2.52. The molecule has 1 atom stereocenters. The average molecular weight is 359 g/mol. The molecule has 1 fully saturated rings. The lowest BCUT2D eigenvalue weighted by Crippen LogP contribution is -2.49. The number of nitrogens with one attached hydrogen (secondary N) is 1. The Morgan fingerprint density at radius 3 is 2.52 bits per heavy atom. The van der Waals surface area contributed by atoms with Crippen LogP contribution in [0.4, 0.5) is 0 Å². The fourth-order valence-electron chi connectivity index (χ4n) is 2.70. The van der Waals surface area contributed by atoms with Gasteiger partial charge < -0.3 is 15.0 Å². The summed E-state index contributed by atoms with van der Waals surface area (Å²) in [7, 11) is 0. The van der Waals surface area contributed by atoms with Crippen LogP contribution in [0, 0.1) is 0 Å². The summed E-state index contributed by atoms with van der Waals surface area (Å²) in [4.78, 5) is 14.7. The van der Waals surface area contributed by atoms with Crippen molar-refractivity contribution >= 4 is 29.1 Å². The summed E-state index contributed by atoms with van der Waals surface area (Å²) in [6, 6.07) is 5.90. The molecule has 1 aliphatic rings. The molecule has 1 aromatic rings. The van der Waals surface area contributed by atoms with Crippen LogP contribution in [0.1, 0.15) is 33.6 Å². The number of piperidine rings is 1. The highest BCUT2D eigenvalue weighted by Gasteiger charge is 2.24. The number of amides is 1. The summed E-state index contributed by atoms with van der Waals surface area (Å²) in [6.45, 7) is 8.14. The van der Waals surface area contributed by atoms with Crippen LogP contribution in [0.15, 0.2) is 18.2 Å². The number of rotatable bonds is 5. The molecule has 0 radical (unpaired) electrons. The van der Waals surface area contributed by atoms with E-state index in [9.17, 15) is 4.79 Å². The van der Waals surface area contributed by atoms with Gasteiger partial charge in [0, 0.05) is 25.2 Å². The third kappa shape index (κ3) is 5.00. The minimum Gasteiger partial charge on any atom is -0.479 e. The molecule has 0 saturated carbocycles. The van der Waals surface area contributed by atoms with Gasteiger partial charge in [-0.1, -0.05) is 29.3 Å². The normalized spacial score (nSPS) is 18.0. The predicted molar refractivity (Wildman–Crippen MR) is 94.4 cm³/mol. The van der Waals surface area contributed by atoms with E-state index in [0.29, 0.717) is 21.8 Å². The zero-order valence-corrected chi connectivity index (χ0v) is 15.3. The fraction of sp³-hybridized carbons (Fsp3) is 0.588. The van der Waals surface area contributed by atoms with Crippen molar-refractivity contribution in [3.63, 3.8) is 0 Å². The third-order valence-corrected chi connectivity index (χ3v) is 5.00. The van der Waals surface area contributed by atoms with Crippen molar-refractivity contribution in [3.05, 3.63) is 28.2 Å². The molecule has 6 heteroatoms. The number of nitrogens with zero attached hydrogens (tertiary/aromatic N) is 1. The minimum absolute atomic E-state index is 0.121. The summed E-state index contributed by atoms with van der Waals surface area (Å²) in [6.07, 6.45) is 1.32. The van der Waals surface area contributed by atoms with Crippen LogP contribution in [-0.2, 0) is 4.79 Å². The van der Waals surface area contributed by atoms with Crippen LogP contribution in [0.3, 0.4) is 0 Å². The SMILES string of the molecule is CC(Oc1cccc(Cl)c1Cl)C(=O)NC1CCN(C(C)C)CC1. The summed E-state index contributed by atoms with van der Waals surface area (Å²) in [5.41, 5.74) is 0. The Hall–Kier alpha value is -0.970. The Balaban J connectivity index is 1.85. The largest absolute Gasteiger partial charge is 0.479 e. The van der Waals surface area contributed by atoms with Crippen molar-refractivity contribution in [2.75, 3.05) is 13.1 Å². The van der Waals surface area contributed by atoms with E-state index in [4.69, 9.17) is 27.9 Å². The molecule has 1 unspecified atom stereocenters. The van der Waals surface area contributed by atoms with Gasteiger partial charge in [-0.25, -0.2) is 0 Å². The number of carbonyl (C=O) groups is 1. The van der Waals surface area contributed by atoms with Crippen LogP contribution >= 0.6 is 23.2 Å². The molecule has 1 N–H and O–H groups in total. The summed E-state index contributed by atoms with van der Waals surface area (Å²) < 4.78 is 5.65. The first-order valence-electron chi connectivity index (χ1n) is 8.03.